The van der Waals surface area contributed by atoms with Crippen molar-refractivity contribution in [2.45, 2.75) is 51.6 Å². The van der Waals surface area contributed by atoms with Gasteiger partial charge in [-0.3, -0.25) is 0 Å². The zero-order valence-corrected chi connectivity index (χ0v) is 11.8. The minimum absolute atomic E-state index is 0.278. The number of hydrogen-bond acceptors (Lipinski definition) is 1. The first-order valence-corrected chi connectivity index (χ1v) is 7.47. The van der Waals surface area contributed by atoms with Crippen molar-refractivity contribution in [3.05, 3.63) is 53.8 Å². The van der Waals surface area contributed by atoms with Crippen molar-refractivity contribution in [1.82, 2.24) is 0 Å². The Balaban J connectivity index is 1.90. The maximum atomic E-state index is 6.04. The van der Waals surface area contributed by atoms with Gasteiger partial charge in [0.15, 0.2) is 0 Å². The number of benzene rings is 1. The van der Waals surface area contributed by atoms with Crippen molar-refractivity contribution >= 4 is 6.08 Å². The van der Waals surface area contributed by atoms with Crippen molar-refractivity contribution < 1.29 is 4.74 Å². The molecule has 1 heteroatoms. The Hall–Kier alpha value is -1.50. The van der Waals surface area contributed by atoms with Gasteiger partial charge in [-0.05, 0) is 37.0 Å². The van der Waals surface area contributed by atoms with Gasteiger partial charge in [-0.2, -0.15) is 0 Å². The summed E-state index contributed by atoms with van der Waals surface area (Å²) < 4.78 is 6.04. The summed E-state index contributed by atoms with van der Waals surface area (Å²) in [7, 11) is 0. The van der Waals surface area contributed by atoms with Gasteiger partial charge in [0.2, 0.25) is 0 Å². The van der Waals surface area contributed by atoms with Gasteiger partial charge in [0.25, 0.3) is 0 Å². The molecule has 2 rings (SSSR count). The summed E-state index contributed by atoms with van der Waals surface area (Å²) in [5, 5.41) is 0. The molecule has 1 heterocycles. The van der Waals surface area contributed by atoms with E-state index in [-0.39, 0.29) is 6.10 Å². The fourth-order valence-corrected chi connectivity index (χ4v) is 2.34. The van der Waals surface area contributed by atoms with Crippen LogP contribution in [0.25, 0.3) is 6.08 Å². The third-order valence-electron chi connectivity index (χ3n) is 3.42. The van der Waals surface area contributed by atoms with E-state index >= 15 is 0 Å². The normalized spacial score (nSPS) is 21.7. The van der Waals surface area contributed by atoms with Crippen molar-refractivity contribution in [2.24, 2.45) is 0 Å². The number of allylic oxidation sites excluding steroid dienone is 2. The molecule has 19 heavy (non-hydrogen) atoms. The highest BCUT2D eigenvalue weighted by atomic mass is 16.5. The van der Waals surface area contributed by atoms with Gasteiger partial charge in [0, 0.05) is 6.42 Å². The van der Waals surface area contributed by atoms with E-state index < -0.39 is 0 Å². The molecule has 1 aliphatic heterocycles. The van der Waals surface area contributed by atoms with E-state index in [0.717, 1.165) is 18.6 Å². The average Bonchev–Trinajstić information content (AvgIpc) is 2.45. The number of ether oxygens (including phenoxy) is 1. The van der Waals surface area contributed by atoms with Gasteiger partial charge in [-0.15, -0.1) is 0 Å². The molecule has 1 saturated heterocycles. The second-order valence-corrected chi connectivity index (χ2v) is 5.14. The van der Waals surface area contributed by atoms with Crippen LogP contribution in [0.4, 0.5) is 0 Å². The Morgan fingerprint density at radius 1 is 1.26 bits per heavy atom. The number of rotatable bonds is 5. The van der Waals surface area contributed by atoms with E-state index in [1.165, 1.54) is 31.2 Å². The minimum atomic E-state index is 0.278. The Labute approximate surface area is 117 Å². The maximum Gasteiger partial charge on any atom is 0.116 e. The van der Waals surface area contributed by atoms with Crippen LogP contribution in [0.3, 0.4) is 0 Å². The molecule has 1 aliphatic rings. The zero-order valence-electron chi connectivity index (χ0n) is 11.8. The van der Waals surface area contributed by atoms with E-state index in [0.29, 0.717) is 0 Å². The number of hydrogen-bond donors (Lipinski definition) is 0. The Bertz CT molecular complexity index is 417. The van der Waals surface area contributed by atoms with Crippen LogP contribution < -0.4 is 0 Å². The molecule has 0 aliphatic carbocycles. The molecule has 0 amide bonds. The lowest BCUT2D eigenvalue weighted by Gasteiger charge is -2.23. The van der Waals surface area contributed by atoms with E-state index in [4.69, 9.17) is 4.74 Å². The van der Waals surface area contributed by atoms with Crippen LogP contribution >= 0.6 is 0 Å². The lowest BCUT2D eigenvalue weighted by atomic mass is 10.0. The first-order valence-electron chi connectivity index (χ1n) is 7.47. The molecule has 1 fully saturated rings. The predicted octanol–water partition coefficient (Wildman–Crippen LogP) is 5.34. The Morgan fingerprint density at radius 2 is 2.11 bits per heavy atom. The van der Waals surface area contributed by atoms with Crippen LogP contribution in [0.5, 0.6) is 0 Å². The van der Waals surface area contributed by atoms with Gasteiger partial charge in [0.1, 0.15) is 6.10 Å². The highest BCUT2D eigenvalue weighted by Crippen LogP contribution is 2.24. The molecule has 1 atom stereocenters. The topological polar surface area (TPSA) is 9.23 Å². The molecule has 1 nitrogen and oxygen atoms in total. The molecule has 1 aromatic carbocycles. The first-order chi connectivity index (χ1) is 9.38. The standard InChI is InChI=1S/C18H24O/c1-2-3-4-8-12-17-13-9-14-18(19-17)15-16-10-6-5-7-11-16/h5-8,10-12,15,17H,2-4,9,13-14H2,1H3/b12-8-,18-15-. The van der Waals surface area contributed by atoms with Crippen LogP contribution in [0.15, 0.2) is 48.2 Å². The summed E-state index contributed by atoms with van der Waals surface area (Å²) in [5.74, 6) is 1.13. The monoisotopic (exact) mass is 256 g/mol. The predicted molar refractivity (Wildman–Crippen MR) is 81.8 cm³/mol. The summed E-state index contributed by atoms with van der Waals surface area (Å²) in [5.41, 5.74) is 1.23. The summed E-state index contributed by atoms with van der Waals surface area (Å²) in [6.45, 7) is 2.23. The largest absolute Gasteiger partial charge is 0.491 e. The zero-order chi connectivity index (χ0) is 13.3. The number of unbranched alkanes of at least 4 members (excludes halogenated alkanes) is 2. The van der Waals surface area contributed by atoms with Gasteiger partial charge in [-0.25, -0.2) is 0 Å². The molecule has 102 valence electrons. The summed E-state index contributed by atoms with van der Waals surface area (Å²) in [6.07, 6.45) is 14.1. The third kappa shape index (κ3) is 4.94. The molecule has 0 saturated carbocycles. The quantitative estimate of drug-likeness (QED) is 0.510. The maximum absolute atomic E-state index is 6.04. The molecule has 0 aromatic heterocycles. The van der Waals surface area contributed by atoms with Crippen molar-refractivity contribution in [1.29, 1.82) is 0 Å². The van der Waals surface area contributed by atoms with Gasteiger partial charge in [0.05, 0.1) is 5.76 Å². The van der Waals surface area contributed by atoms with Crippen LogP contribution in [-0.4, -0.2) is 6.10 Å². The van der Waals surface area contributed by atoms with Crippen molar-refractivity contribution in [3.8, 4) is 0 Å². The SMILES string of the molecule is CCCC/C=C\C1CCC/C(=C/c2ccccc2)O1. The highest BCUT2D eigenvalue weighted by Gasteiger charge is 2.14. The van der Waals surface area contributed by atoms with Crippen molar-refractivity contribution in [2.75, 3.05) is 0 Å². The summed E-state index contributed by atoms with van der Waals surface area (Å²) in [4.78, 5) is 0. The molecular weight excluding hydrogens is 232 g/mol. The molecular formula is C18H24O. The molecule has 1 unspecified atom stereocenters. The molecule has 0 spiro atoms. The van der Waals surface area contributed by atoms with E-state index in [2.05, 4.69) is 49.4 Å². The Morgan fingerprint density at radius 3 is 2.89 bits per heavy atom. The van der Waals surface area contributed by atoms with Gasteiger partial charge < -0.3 is 4.74 Å². The van der Waals surface area contributed by atoms with Gasteiger partial charge in [-0.1, -0.05) is 56.2 Å². The molecule has 0 N–H and O–H groups in total. The smallest absolute Gasteiger partial charge is 0.116 e. The van der Waals surface area contributed by atoms with Crippen LogP contribution in [0.1, 0.15) is 51.0 Å². The van der Waals surface area contributed by atoms with E-state index in [9.17, 15) is 0 Å². The lowest BCUT2D eigenvalue weighted by Crippen LogP contribution is -2.15. The van der Waals surface area contributed by atoms with Crippen LogP contribution in [-0.2, 0) is 4.74 Å². The fraction of sp³-hybridized carbons (Fsp3) is 0.444. The van der Waals surface area contributed by atoms with Crippen LogP contribution in [0, 0.1) is 0 Å². The average molecular weight is 256 g/mol. The van der Waals surface area contributed by atoms with Crippen molar-refractivity contribution in [3.63, 3.8) is 0 Å². The second kappa shape index (κ2) is 7.83. The molecule has 0 bridgehead atoms. The highest BCUT2D eigenvalue weighted by molar-refractivity contribution is 5.51. The third-order valence-corrected chi connectivity index (χ3v) is 3.42. The summed E-state index contributed by atoms with van der Waals surface area (Å²) >= 11 is 0. The molecule has 0 radical (unpaired) electrons. The van der Waals surface area contributed by atoms with E-state index in [1.807, 2.05) is 6.07 Å². The Kier molecular flexibility index (Phi) is 5.74. The first kappa shape index (κ1) is 13.9. The fourth-order valence-electron chi connectivity index (χ4n) is 2.34. The summed E-state index contributed by atoms with van der Waals surface area (Å²) in [6, 6.07) is 10.4. The van der Waals surface area contributed by atoms with E-state index in [1.54, 1.807) is 0 Å². The molecule has 1 aromatic rings. The minimum Gasteiger partial charge on any atom is -0.491 e. The lowest BCUT2D eigenvalue weighted by molar-refractivity contribution is 0.111. The van der Waals surface area contributed by atoms with Crippen LogP contribution in [0.2, 0.25) is 0 Å². The second-order valence-electron chi connectivity index (χ2n) is 5.14. The van der Waals surface area contributed by atoms with Gasteiger partial charge >= 0.3 is 0 Å².